The van der Waals surface area contributed by atoms with Crippen LogP contribution >= 0.6 is 0 Å². The molecular formula is C20H22FN3O3. The number of ether oxygens (including phenoxy) is 1. The molecule has 1 N–H and O–H groups in total. The third kappa shape index (κ3) is 4.55. The van der Waals surface area contributed by atoms with Gasteiger partial charge in [-0.3, -0.25) is 4.79 Å². The normalized spacial score (nSPS) is 14.4. The Balaban J connectivity index is 1.62. The van der Waals surface area contributed by atoms with Crippen molar-refractivity contribution >= 4 is 17.6 Å². The number of anilines is 1. The van der Waals surface area contributed by atoms with Gasteiger partial charge in [-0.1, -0.05) is 18.2 Å². The van der Waals surface area contributed by atoms with Crippen molar-refractivity contribution in [2.75, 3.05) is 38.6 Å². The quantitative estimate of drug-likeness (QED) is 0.901. The van der Waals surface area contributed by atoms with Crippen LogP contribution in [0.5, 0.6) is 5.75 Å². The van der Waals surface area contributed by atoms with Gasteiger partial charge in [-0.15, -0.1) is 0 Å². The molecule has 3 amide bonds. The lowest BCUT2D eigenvalue weighted by atomic mass is 10.2. The summed E-state index contributed by atoms with van der Waals surface area (Å²) in [7, 11) is 1.42. The van der Waals surface area contributed by atoms with E-state index in [0.29, 0.717) is 43.9 Å². The average Bonchev–Trinajstić information content (AvgIpc) is 2.95. The van der Waals surface area contributed by atoms with E-state index in [1.54, 1.807) is 21.9 Å². The number of methoxy groups -OCH3 is 1. The fraction of sp³-hybridized carbons (Fsp3) is 0.300. The van der Waals surface area contributed by atoms with Crippen LogP contribution in [-0.4, -0.2) is 55.0 Å². The molecule has 0 spiro atoms. The van der Waals surface area contributed by atoms with Crippen molar-refractivity contribution in [1.29, 1.82) is 0 Å². The molecule has 7 heteroatoms. The second-order valence-corrected chi connectivity index (χ2v) is 6.27. The van der Waals surface area contributed by atoms with E-state index in [4.69, 9.17) is 4.74 Å². The van der Waals surface area contributed by atoms with Crippen LogP contribution in [0, 0.1) is 5.82 Å². The Bertz CT molecular complexity index is 813. The number of nitrogens with zero attached hydrogens (tertiary/aromatic N) is 2. The average molecular weight is 371 g/mol. The number of carbonyl (C=O) groups excluding carboxylic acids is 2. The van der Waals surface area contributed by atoms with E-state index in [2.05, 4.69) is 5.32 Å². The van der Waals surface area contributed by atoms with E-state index in [0.717, 1.165) is 0 Å². The van der Waals surface area contributed by atoms with E-state index in [9.17, 15) is 14.0 Å². The van der Waals surface area contributed by atoms with Crippen LogP contribution in [0.15, 0.2) is 48.5 Å². The van der Waals surface area contributed by atoms with Gasteiger partial charge in [0.15, 0.2) is 0 Å². The van der Waals surface area contributed by atoms with E-state index >= 15 is 0 Å². The molecule has 3 rings (SSSR count). The minimum Gasteiger partial charge on any atom is -0.494 e. The summed E-state index contributed by atoms with van der Waals surface area (Å²) in [5.41, 5.74) is 1.05. The van der Waals surface area contributed by atoms with Crippen LogP contribution in [0.2, 0.25) is 0 Å². The second kappa shape index (κ2) is 8.53. The summed E-state index contributed by atoms with van der Waals surface area (Å²) < 4.78 is 18.4. The van der Waals surface area contributed by atoms with Gasteiger partial charge in [0.2, 0.25) is 0 Å². The largest absolute Gasteiger partial charge is 0.494 e. The van der Waals surface area contributed by atoms with Crippen molar-refractivity contribution in [1.82, 2.24) is 9.80 Å². The summed E-state index contributed by atoms with van der Waals surface area (Å²) in [5, 5.41) is 2.75. The highest BCUT2D eigenvalue weighted by atomic mass is 19.1. The van der Waals surface area contributed by atoms with Crippen molar-refractivity contribution in [3.63, 3.8) is 0 Å². The van der Waals surface area contributed by atoms with Gasteiger partial charge in [-0.25, -0.2) is 9.18 Å². The van der Waals surface area contributed by atoms with Crippen molar-refractivity contribution in [3.05, 3.63) is 59.9 Å². The molecule has 0 unspecified atom stereocenters. The van der Waals surface area contributed by atoms with Crippen LogP contribution in [0.4, 0.5) is 14.9 Å². The zero-order valence-electron chi connectivity index (χ0n) is 15.2. The Labute approximate surface area is 157 Å². The van der Waals surface area contributed by atoms with Gasteiger partial charge in [-0.2, -0.15) is 0 Å². The van der Waals surface area contributed by atoms with Gasteiger partial charge in [0.05, 0.1) is 12.8 Å². The molecule has 142 valence electrons. The first-order valence-corrected chi connectivity index (χ1v) is 8.82. The van der Waals surface area contributed by atoms with Gasteiger partial charge in [0.25, 0.3) is 5.91 Å². The minimum absolute atomic E-state index is 0.0296. The number of halogens is 1. The number of amides is 3. The smallest absolute Gasteiger partial charge is 0.322 e. The lowest BCUT2D eigenvalue weighted by Gasteiger charge is -2.23. The molecule has 0 aliphatic carbocycles. The summed E-state index contributed by atoms with van der Waals surface area (Å²) in [4.78, 5) is 28.6. The Morgan fingerprint density at radius 1 is 1.00 bits per heavy atom. The SMILES string of the molecule is COc1cc(F)ccc1NC(=O)N1CCCN(C(=O)c2ccccc2)CC1. The highest BCUT2D eigenvalue weighted by Gasteiger charge is 2.23. The Morgan fingerprint density at radius 2 is 1.70 bits per heavy atom. The molecule has 1 fully saturated rings. The molecule has 1 aliphatic rings. The molecule has 1 heterocycles. The summed E-state index contributed by atoms with van der Waals surface area (Å²) >= 11 is 0. The zero-order valence-corrected chi connectivity index (χ0v) is 15.2. The van der Waals surface area contributed by atoms with Crippen LogP contribution in [0.1, 0.15) is 16.8 Å². The third-order valence-electron chi connectivity index (χ3n) is 4.50. The molecule has 0 bridgehead atoms. The predicted molar refractivity (Wildman–Crippen MR) is 101 cm³/mol. The monoisotopic (exact) mass is 371 g/mol. The molecule has 0 radical (unpaired) electrons. The lowest BCUT2D eigenvalue weighted by molar-refractivity contribution is 0.0762. The first-order valence-electron chi connectivity index (χ1n) is 8.82. The van der Waals surface area contributed by atoms with Crippen molar-refractivity contribution in [3.8, 4) is 5.75 Å². The Hall–Kier alpha value is -3.09. The fourth-order valence-corrected chi connectivity index (χ4v) is 3.05. The number of hydrogen-bond donors (Lipinski definition) is 1. The molecule has 1 saturated heterocycles. The predicted octanol–water partition coefficient (Wildman–Crippen LogP) is 3.21. The van der Waals surface area contributed by atoms with E-state index in [1.807, 2.05) is 18.2 Å². The first-order chi connectivity index (χ1) is 13.1. The summed E-state index contributed by atoms with van der Waals surface area (Å²) in [5.74, 6) is -0.202. The molecule has 1 aliphatic heterocycles. The molecule has 6 nitrogen and oxygen atoms in total. The highest BCUT2D eigenvalue weighted by molar-refractivity contribution is 5.94. The second-order valence-electron chi connectivity index (χ2n) is 6.27. The number of benzene rings is 2. The molecular weight excluding hydrogens is 349 g/mol. The van der Waals surface area contributed by atoms with Crippen LogP contribution < -0.4 is 10.1 Å². The zero-order chi connectivity index (χ0) is 19.2. The maximum Gasteiger partial charge on any atom is 0.322 e. The van der Waals surface area contributed by atoms with Gasteiger partial charge < -0.3 is 19.9 Å². The maximum absolute atomic E-state index is 13.3. The summed E-state index contributed by atoms with van der Waals surface area (Å²) in [6, 6.07) is 12.8. The number of hydrogen-bond acceptors (Lipinski definition) is 3. The Kier molecular flexibility index (Phi) is 5.90. The molecule has 27 heavy (non-hydrogen) atoms. The minimum atomic E-state index is -0.435. The van der Waals surface area contributed by atoms with Crippen LogP contribution in [0.3, 0.4) is 0 Å². The van der Waals surface area contributed by atoms with E-state index in [1.165, 1.54) is 25.3 Å². The van der Waals surface area contributed by atoms with Gasteiger partial charge in [0.1, 0.15) is 11.6 Å². The Morgan fingerprint density at radius 3 is 2.44 bits per heavy atom. The molecule has 2 aromatic rings. The number of rotatable bonds is 3. The van der Waals surface area contributed by atoms with Crippen molar-refractivity contribution in [2.24, 2.45) is 0 Å². The summed E-state index contributed by atoms with van der Waals surface area (Å²) in [6.45, 7) is 2.01. The fourth-order valence-electron chi connectivity index (χ4n) is 3.05. The number of carbonyl (C=O) groups is 2. The lowest BCUT2D eigenvalue weighted by Crippen LogP contribution is -2.39. The number of urea groups is 1. The highest BCUT2D eigenvalue weighted by Crippen LogP contribution is 2.25. The van der Waals surface area contributed by atoms with Gasteiger partial charge in [0, 0.05) is 37.8 Å². The number of nitrogens with one attached hydrogen (secondary N) is 1. The van der Waals surface area contributed by atoms with Crippen LogP contribution in [0.25, 0.3) is 0 Å². The molecule has 0 aromatic heterocycles. The van der Waals surface area contributed by atoms with E-state index in [-0.39, 0.29) is 17.7 Å². The van der Waals surface area contributed by atoms with Crippen molar-refractivity contribution in [2.45, 2.75) is 6.42 Å². The van der Waals surface area contributed by atoms with Gasteiger partial charge in [-0.05, 0) is 30.7 Å². The molecule has 0 saturated carbocycles. The van der Waals surface area contributed by atoms with E-state index < -0.39 is 5.82 Å². The standard InChI is InChI=1S/C20H22FN3O3/c1-27-18-14-16(21)8-9-17(18)22-20(26)24-11-5-10-23(12-13-24)19(25)15-6-3-2-4-7-15/h2-4,6-9,14H,5,10-13H2,1H3,(H,22,26). The maximum atomic E-state index is 13.3. The first kappa shape index (κ1) is 18.7. The molecule has 0 atom stereocenters. The van der Waals surface area contributed by atoms with Crippen molar-refractivity contribution < 1.29 is 18.7 Å². The third-order valence-corrected chi connectivity index (χ3v) is 4.50. The van der Waals surface area contributed by atoms with Gasteiger partial charge >= 0.3 is 6.03 Å². The molecule has 2 aromatic carbocycles. The summed E-state index contributed by atoms with van der Waals surface area (Å²) in [6.07, 6.45) is 0.687. The topological polar surface area (TPSA) is 61.9 Å². The van der Waals surface area contributed by atoms with Crippen LogP contribution in [-0.2, 0) is 0 Å².